The second-order valence-electron chi connectivity index (χ2n) is 9.90. The maximum absolute atomic E-state index is 13.9. The van der Waals surface area contributed by atoms with Crippen LogP contribution >= 0.6 is 23.2 Å². The first-order chi connectivity index (χ1) is 17.3. The number of ether oxygens (including phenoxy) is 1. The first-order valence-electron chi connectivity index (χ1n) is 12.2. The van der Waals surface area contributed by atoms with Crippen molar-refractivity contribution in [3.05, 3.63) is 69.7 Å². The molecule has 1 saturated heterocycles. The van der Waals surface area contributed by atoms with Gasteiger partial charge < -0.3 is 14.7 Å². The van der Waals surface area contributed by atoms with Crippen molar-refractivity contribution in [3.8, 4) is 0 Å². The Morgan fingerprint density at radius 3 is 2.27 bits per heavy atom. The maximum atomic E-state index is 13.9. The summed E-state index contributed by atoms with van der Waals surface area (Å²) >= 11 is 12.4. The number of carbonyl (C=O) groups excluding carboxylic acids is 1. The average Bonchev–Trinajstić information content (AvgIpc) is 2.84. The van der Waals surface area contributed by atoms with E-state index in [1.54, 1.807) is 62.4 Å². The number of hydrogen-bond donors (Lipinski definition) is 1. The van der Waals surface area contributed by atoms with Gasteiger partial charge in [-0.1, -0.05) is 61.3 Å². The highest BCUT2D eigenvalue weighted by Gasteiger charge is 2.48. The quantitative estimate of drug-likeness (QED) is 0.384. The van der Waals surface area contributed by atoms with E-state index in [0.717, 1.165) is 0 Å². The Balaban J connectivity index is 2.21. The average molecular weight is 571 g/mol. The van der Waals surface area contributed by atoms with Crippen LogP contribution in [0.4, 0.5) is 0 Å². The van der Waals surface area contributed by atoms with Crippen LogP contribution in [0.3, 0.4) is 0 Å². The Morgan fingerprint density at radius 1 is 1.08 bits per heavy atom. The lowest BCUT2D eigenvalue weighted by atomic mass is 9.89. The number of carbonyl (C=O) groups is 2. The third-order valence-corrected chi connectivity index (χ3v) is 10.4. The highest BCUT2D eigenvalue weighted by atomic mass is 35.5. The fourth-order valence-corrected chi connectivity index (χ4v) is 6.61. The molecule has 0 radical (unpaired) electrons. The molecule has 10 heteroatoms. The van der Waals surface area contributed by atoms with Gasteiger partial charge in [0.2, 0.25) is 0 Å². The number of sulfone groups is 1. The molecule has 1 fully saturated rings. The molecule has 7 nitrogen and oxygen atoms in total. The van der Waals surface area contributed by atoms with Crippen molar-refractivity contribution in [2.24, 2.45) is 0 Å². The number of hydrogen-bond acceptors (Lipinski definition) is 5. The zero-order valence-electron chi connectivity index (χ0n) is 21.4. The van der Waals surface area contributed by atoms with Crippen molar-refractivity contribution >= 4 is 44.9 Å². The van der Waals surface area contributed by atoms with Gasteiger partial charge in [0, 0.05) is 16.1 Å². The summed E-state index contributed by atoms with van der Waals surface area (Å²) in [6.45, 7) is 6.98. The van der Waals surface area contributed by atoms with Gasteiger partial charge in [0.1, 0.15) is 12.2 Å². The summed E-state index contributed by atoms with van der Waals surface area (Å²) in [4.78, 5) is 27.0. The van der Waals surface area contributed by atoms with E-state index in [9.17, 15) is 23.1 Å². The van der Waals surface area contributed by atoms with E-state index in [-0.39, 0.29) is 5.75 Å². The molecule has 3 rings (SSSR count). The fourth-order valence-electron chi connectivity index (χ4n) is 4.49. The molecule has 1 amide bonds. The minimum Gasteiger partial charge on any atom is -0.481 e. The third kappa shape index (κ3) is 6.48. The SMILES string of the molecule is CC[C@@H](CS(=O)(=O)C(C)(C)CC)N1C(=O)[C@H](CC(=O)O)O[C@H](c2cccc(Cl)c2)[C@H]1c1ccc(Cl)cc1. The summed E-state index contributed by atoms with van der Waals surface area (Å²) in [5.41, 5.74) is 1.33. The van der Waals surface area contributed by atoms with Gasteiger partial charge in [-0.3, -0.25) is 9.59 Å². The molecule has 202 valence electrons. The molecule has 1 N–H and O–H groups in total. The van der Waals surface area contributed by atoms with Crippen LogP contribution in [0.2, 0.25) is 10.0 Å². The first kappa shape index (κ1) is 29.4. The van der Waals surface area contributed by atoms with Crippen molar-refractivity contribution in [2.45, 2.75) is 76.0 Å². The van der Waals surface area contributed by atoms with Crippen LogP contribution in [0.25, 0.3) is 0 Å². The van der Waals surface area contributed by atoms with Crippen molar-refractivity contribution in [2.75, 3.05) is 5.75 Å². The van der Waals surface area contributed by atoms with Gasteiger partial charge in [0.25, 0.3) is 5.91 Å². The molecule has 0 unspecified atom stereocenters. The predicted octanol–water partition coefficient (Wildman–Crippen LogP) is 5.86. The maximum Gasteiger partial charge on any atom is 0.306 e. The molecule has 2 aromatic rings. The Kier molecular flexibility index (Phi) is 9.32. The molecule has 0 aliphatic carbocycles. The Hall–Kier alpha value is -2.13. The van der Waals surface area contributed by atoms with Crippen LogP contribution in [0.1, 0.15) is 70.2 Å². The molecular formula is C27H33Cl2NO6S. The van der Waals surface area contributed by atoms with Gasteiger partial charge in [-0.15, -0.1) is 0 Å². The standard InChI is InChI=1S/C27H33Cl2NO6S/c1-5-21(16-37(34,35)27(3,4)6-2)30-24(17-10-12-19(28)13-11-17)25(18-8-7-9-20(29)14-18)36-22(26(30)33)15-23(31)32/h7-14,21-22,24-25H,5-6,15-16H2,1-4H3,(H,31,32)/t21-,22-,24+,25+/m0/s1. The fraction of sp³-hybridized carbons (Fsp3) is 0.481. The van der Waals surface area contributed by atoms with E-state index in [4.69, 9.17) is 27.9 Å². The molecule has 1 aliphatic rings. The van der Waals surface area contributed by atoms with E-state index in [2.05, 4.69) is 0 Å². The van der Waals surface area contributed by atoms with Crippen molar-refractivity contribution in [1.29, 1.82) is 0 Å². The second-order valence-corrected chi connectivity index (χ2v) is 13.4. The lowest BCUT2D eigenvalue weighted by molar-refractivity contribution is -0.182. The molecule has 2 aromatic carbocycles. The Labute approximate surface area is 228 Å². The van der Waals surface area contributed by atoms with Gasteiger partial charge >= 0.3 is 5.97 Å². The normalized spacial score (nSPS) is 21.6. The summed E-state index contributed by atoms with van der Waals surface area (Å²) in [6, 6.07) is 12.4. The molecule has 4 atom stereocenters. The lowest BCUT2D eigenvalue weighted by Crippen LogP contribution is -2.57. The lowest BCUT2D eigenvalue weighted by Gasteiger charge is -2.48. The van der Waals surface area contributed by atoms with E-state index in [1.165, 1.54) is 4.90 Å². The molecule has 0 bridgehead atoms. The number of amides is 1. The number of aliphatic carboxylic acids is 1. The summed E-state index contributed by atoms with van der Waals surface area (Å²) in [5, 5.41) is 10.5. The van der Waals surface area contributed by atoms with Crippen LogP contribution < -0.4 is 0 Å². The highest BCUT2D eigenvalue weighted by molar-refractivity contribution is 7.92. The topological polar surface area (TPSA) is 101 Å². The van der Waals surface area contributed by atoms with E-state index >= 15 is 0 Å². The van der Waals surface area contributed by atoms with Crippen LogP contribution in [-0.4, -0.2) is 52.9 Å². The third-order valence-electron chi connectivity index (χ3n) is 7.15. The van der Waals surface area contributed by atoms with E-state index in [0.29, 0.717) is 34.0 Å². The zero-order chi connectivity index (χ0) is 27.5. The summed E-state index contributed by atoms with van der Waals surface area (Å²) < 4.78 is 32.1. The van der Waals surface area contributed by atoms with E-state index in [1.807, 2.05) is 13.8 Å². The zero-order valence-corrected chi connectivity index (χ0v) is 23.7. The Bertz CT molecular complexity index is 1230. The molecule has 0 aromatic heterocycles. The number of halogens is 2. The second kappa shape index (κ2) is 11.7. The van der Waals surface area contributed by atoms with Gasteiger partial charge in [0.05, 0.1) is 23.0 Å². The minimum absolute atomic E-state index is 0.262. The molecule has 1 heterocycles. The van der Waals surface area contributed by atoms with Crippen LogP contribution in [-0.2, 0) is 24.2 Å². The molecule has 37 heavy (non-hydrogen) atoms. The van der Waals surface area contributed by atoms with Gasteiger partial charge in [-0.05, 0) is 62.1 Å². The smallest absolute Gasteiger partial charge is 0.306 e. The van der Waals surface area contributed by atoms with Crippen LogP contribution in [0.5, 0.6) is 0 Å². The molecule has 1 aliphatic heterocycles. The van der Waals surface area contributed by atoms with Gasteiger partial charge in [-0.25, -0.2) is 8.42 Å². The largest absolute Gasteiger partial charge is 0.481 e. The van der Waals surface area contributed by atoms with Crippen molar-refractivity contribution in [1.82, 2.24) is 4.90 Å². The van der Waals surface area contributed by atoms with Crippen molar-refractivity contribution in [3.63, 3.8) is 0 Å². The number of carboxylic acids is 1. The number of benzene rings is 2. The molecule has 0 spiro atoms. The predicted molar refractivity (Wildman–Crippen MR) is 145 cm³/mol. The van der Waals surface area contributed by atoms with Crippen LogP contribution in [0, 0.1) is 0 Å². The summed E-state index contributed by atoms with van der Waals surface area (Å²) in [7, 11) is -3.63. The van der Waals surface area contributed by atoms with Crippen LogP contribution in [0.15, 0.2) is 48.5 Å². The Morgan fingerprint density at radius 2 is 1.73 bits per heavy atom. The number of rotatable bonds is 10. The number of nitrogens with zero attached hydrogens (tertiary/aromatic N) is 1. The minimum atomic E-state index is -3.63. The van der Waals surface area contributed by atoms with E-state index < -0.39 is 57.2 Å². The summed E-state index contributed by atoms with van der Waals surface area (Å²) in [5.74, 6) is -2.01. The van der Waals surface area contributed by atoms with Crippen molar-refractivity contribution < 1.29 is 27.9 Å². The number of morpholine rings is 1. The first-order valence-corrected chi connectivity index (χ1v) is 14.6. The van der Waals surface area contributed by atoms with Gasteiger partial charge in [0.15, 0.2) is 9.84 Å². The summed E-state index contributed by atoms with van der Waals surface area (Å²) in [6.07, 6.45) is -1.88. The number of carboxylic acid groups (broad SMARTS) is 1. The molecule has 0 saturated carbocycles. The van der Waals surface area contributed by atoms with Gasteiger partial charge in [-0.2, -0.15) is 0 Å². The highest BCUT2D eigenvalue weighted by Crippen LogP contribution is 2.45. The molecular weight excluding hydrogens is 537 g/mol. The monoisotopic (exact) mass is 569 g/mol.